The zero-order chi connectivity index (χ0) is 42.0. The first-order valence-electron chi connectivity index (χ1n) is 16.1. The number of anilines is 4. The molecule has 6 rings (SSSR count). The molecule has 2 amide bonds. The van der Waals surface area contributed by atoms with Gasteiger partial charge in [-0.2, -0.15) is 33.7 Å². The first-order valence-corrected chi connectivity index (χ1v) is 21.9. The van der Waals surface area contributed by atoms with Gasteiger partial charge in [-0.15, -0.1) is 0 Å². The van der Waals surface area contributed by atoms with Crippen molar-refractivity contribution >= 4 is 81.4 Å². The van der Waals surface area contributed by atoms with Gasteiger partial charge in [0.1, 0.15) is 26.2 Å². The molecule has 1 heterocycles. The first-order chi connectivity index (χ1) is 26.3. The van der Waals surface area contributed by atoms with E-state index in [0.29, 0.717) is 16.7 Å². The Labute approximate surface area is 326 Å². The van der Waals surface area contributed by atoms with E-state index in [9.17, 15) is 56.7 Å². The van der Waals surface area contributed by atoms with Gasteiger partial charge in [-0.05, 0) is 85.1 Å². The van der Waals surface area contributed by atoms with Crippen LogP contribution in [0.3, 0.4) is 0 Å². The van der Waals surface area contributed by atoms with Crippen LogP contribution in [-0.4, -0.2) is 57.9 Å². The van der Waals surface area contributed by atoms with Gasteiger partial charge in [0.25, 0.3) is 40.5 Å². The van der Waals surface area contributed by atoms with Crippen molar-refractivity contribution < 1.29 is 61.4 Å². The van der Waals surface area contributed by atoms with Crippen LogP contribution in [0.15, 0.2) is 98.4 Å². The summed E-state index contributed by atoms with van der Waals surface area (Å²) in [5, 5.41) is 7.77. The Hall–Kier alpha value is -5.65. The van der Waals surface area contributed by atoms with Crippen molar-refractivity contribution in [2.24, 2.45) is 0 Å². The van der Waals surface area contributed by atoms with Gasteiger partial charge in [0, 0.05) is 39.4 Å². The van der Waals surface area contributed by atoms with Gasteiger partial charge in [0.05, 0.1) is 16.3 Å². The van der Waals surface area contributed by atoms with E-state index in [1.165, 1.54) is 36.4 Å². The topological polar surface area (TPSA) is 280 Å². The normalized spacial score (nSPS) is 12.9. The third kappa shape index (κ3) is 8.26. The number of carbonyl (C=O) groups is 1. The third-order valence-corrected chi connectivity index (χ3v) is 12.4. The van der Waals surface area contributed by atoms with Crippen LogP contribution in [0.1, 0.15) is 27.8 Å². The van der Waals surface area contributed by atoms with Gasteiger partial charge < -0.3 is 20.7 Å². The van der Waals surface area contributed by atoms with E-state index in [4.69, 9.17) is 4.74 Å². The van der Waals surface area contributed by atoms with Crippen LogP contribution in [0.25, 0.3) is 12.2 Å². The highest BCUT2D eigenvalue weighted by Gasteiger charge is 2.31. The van der Waals surface area contributed by atoms with Gasteiger partial charge in [-0.25, -0.2) is 4.79 Å². The molecule has 7 N–H and O–H groups in total. The molecule has 298 valence electrons. The molecule has 0 aliphatic carbocycles. The largest absolute Gasteiger partial charge is 0.456 e. The average molecular weight is 858 g/mol. The lowest BCUT2D eigenvalue weighted by atomic mass is 9.92. The quantitative estimate of drug-likeness (QED) is 0.0967. The molecule has 0 fully saturated rings. The summed E-state index contributed by atoms with van der Waals surface area (Å²) in [6.45, 7) is 8.60. The number of hydrogen-bond donors (Lipinski definition) is 7. The number of benzene rings is 5. The number of nitrogens with one attached hydrogen (secondary N) is 3. The van der Waals surface area contributed by atoms with Crippen molar-refractivity contribution in [2.75, 3.05) is 16.0 Å². The Morgan fingerprint density at radius 3 is 1.88 bits per heavy atom. The summed E-state index contributed by atoms with van der Waals surface area (Å²) in [4.78, 5) is 10.5. The number of carbonyl (C=O) groups excluding carboxylic acids is 1. The number of rotatable bonds is 9. The Morgan fingerprint density at radius 2 is 1.25 bits per heavy atom. The third-order valence-electron chi connectivity index (χ3n) is 8.85. The van der Waals surface area contributed by atoms with Gasteiger partial charge in [0.2, 0.25) is 0 Å². The standard InChI is InChI=1S/C36H31N3O14S4/c1-18-13-28-25(15-31(18)56(47,48)49)33(24-10-5-6-11-30(24)55(44,45)46)26-16-32(57(50,51)52)27(17-29(26)53-28)38-34-19(2)12-20(3)35(21(34)4)39-36(40)37-22-8-7-9-23(14-22)54(41,42)43/h5-17,38H,1H2,2-4H3,(H2,37,39,40)(H,41,42,43)(H,44,45,46)(H,47,48,49)(H,50,51,52). The van der Waals surface area contributed by atoms with Crippen molar-refractivity contribution in [3.8, 4) is 11.5 Å². The van der Waals surface area contributed by atoms with Crippen molar-refractivity contribution in [3.05, 3.63) is 117 Å². The lowest BCUT2D eigenvalue weighted by Gasteiger charge is -2.25. The minimum atomic E-state index is -5.14. The fourth-order valence-corrected chi connectivity index (χ4v) is 8.98. The number of urea groups is 1. The minimum Gasteiger partial charge on any atom is -0.456 e. The molecule has 1 aliphatic heterocycles. The maximum Gasteiger partial charge on any atom is 0.323 e. The Balaban J connectivity index is 1.52. The predicted molar refractivity (Wildman–Crippen MR) is 208 cm³/mol. The number of fused-ring (bicyclic) bond motifs is 2. The molecule has 0 spiro atoms. The molecule has 0 atom stereocenters. The van der Waals surface area contributed by atoms with E-state index in [2.05, 4.69) is 22.5 Å². The van der Waals surface area contributed by atoms with Crippen molar-refractivity contribution in [1.29, 1.82) is 0 Å². The van der Waals surface area contributed by atoms with Gasteiger partial charge in [-0.1, -0.05) is 36.9 Å². The molecule has 21 heteroatoms. The molecule has 0 saturated carbocycles. The second kappa shape index (κ2) is 14.4. The van der Waals surface area contributed by atoms with E-state index in [0.717, 1.165) is 36.4 Å². The number of hydrogen-bond acceptors (Lipinski definition) is 11. The predicted octanol–water partition coefficient (Wildman–Crippen LogP) is 4.75. The van der Waals surface area contributed by atoms with E-state index < -0.39 is 66.1 Å². The highest BCUT2D eigenvalue weighted by Crippen LogP contribution is 2.44. The summed E-state index contributed by atoms with van der Waals surface area (Å²) in [5.41, 5.74) is 1.17. The van der Waals surface area contributed by atoms with E-state index in [-0.39, 0.29) is 61.4 Å². The van der Waals surface area contributed by atoms with Crippen LogP contribution in [0.5, 0.6) is 11.5 Å². The molecular formula is C36H31N3O14S4. The summed E-state index contributed by atoms with van der Waals surface area (Å²) in [6, 6.07) is 14.9. The average Bonchev–Trinajstić information content (AvgIpc) is 3.08. The SMILES string of the molecule is C=c1cc2c(cc1S(=O)(=O)O)=C(c1ccccc1S(=O)(=O)O)c1cc(S(=O)(=O)O)c(Nc3c(C)cc(C)c(NC(=O)Nc4cccc(S(=O)(=O)O)c4)c3C)cc1O2. The highest BCUT2D eigenvalue weighted by atomic mass is 32.2. The molecule has 5 aromatic carbocycles. The van der Waals surface area contributed by atoms with Crippen molar-refractivity contribution in [3.63, 3.8) is 0 Å². The van der Waals surface area contributed by atoms with E-state index >= 15 is 0 Å². The van der Waals surface area contributed by atoms with Crippen LogP contribution in [0.2, 0.25) is 0 Å². The van der Waals surface area contributed by atoms with Crippen molar-refractivity contribution in [1.82, 2.24) is 0 Å². The van der Waals surface area contributed by atoms with Gasteiger partial charge >= 0.3 is 6.03 Å². The van der Waals surface area contributed by atoms with Crippen molar-refractivity contribution in [2.45, 2.75) is 40.4 Å². The van der Waals surface area contributed by atoms with Crippen LogP contribution in [-0.2, 0) is 40.5 Å². The second-order valence-electron chi connectivity index (χ2n) is 12.8. The van der Waals surface area contributed by atoms with Gasteiger partial charge in [0.15, 0.2) is 0 Å². The fraction of sp³-hybridized carbons (Fsp3) is 0.0833. The number of ether oxygens (including phenoxy) is 1. The molecule has 0 radical (unpaired) electrons. The second-order valence-corrected chi connectivity index (χ2v) is 18.4. The number of aryl methyl sites for hydroxylation is 2. The van der Waals surface area contributed by atoms with Crippen LogP contribution < -0.4 is 31.1 Å². The monoisotopic (exact) mass is 857 g/mol. The van der Waals surface area contributed by atoms with E-state index in [1.807, 2.05) is 0 Å². The fourth-order valence-electron chi connectivity index (χ4n) is 6.44. The minimum absolute atomic E-state index is 0.0346. The molecular weight excluding hydrogens is 827 g/mol. The molecule has 0 saturated heterocycles. The summed E-state index contributed by atoms with van der Waals surface area (Å²) in [5.74, 6) is -0.239. The molecule has 5 aromatic rings. The van der Waals surface area contributed by atoms with E-state index in [1.54, 1.807) is 26.8 Å². The Bertz CT molecular complexity index is 3150. The maximum absolute atomic E-state index is 13.1. The zero-order valence-electron chi connectivity index (χ0n) is 29.7. The summed E-state index contributed by atoms with van der Waals surface area (Å²) < 4.78 is 145. The molecule has 57 heavy (non-hydrogen) atoms. The lowest BCUT2D eigenvalue weighted by Crippen LogP contribution is -2.25. The summed E-state index contributed by atoms with van der Waals surface area (Å²) in [7, 11) is -19.6. The summed E-state index contributed by atoms with van der Waals surface area (Å²) in [6.07, 6.45) is 0. The highest BCUT2D eigenvalue weighted by molar-refractivity contribution is 7.86. The molecule has 0 aromatic heterocycles. The first kappa shape index (κ1) is 41.0. The summed E-state index contributed by atoms with van der Waals surface area (Å²) >= 11 is 0. The lowest BCUT2D eigenvalue weighted by molar-refractivity contribution is 0.262. The smallest absolute Gasteiger partial charge is 0.323 e. The Morgan fingerprint density at radius 1 is 0.614 bits per heavy atom. The van der Waals surface area contributed by atoms with Crippen LogP contribution in [0, 0.1) is 20.8 Å². The molecule has 0 bridgehead atoms. The maximum atomic E-state index is 13.1. The Kier molecular flexibility index (Phi) is 10.3. The van der Waals surface area contributed by atoms with Crippen LogP contribution >= 0.6 is 0 Å². The molecule has 0 unspecified atom stereocenters. The van der Waals surface area contributed by atoms with Crippen LogP contribution in [0.4, 0.5) is 27.5 Å². The molecule has 1 aliphatic rings. The molecule has 17 nitrogen and oxygen atoms in total. The zero-order valence-corrected chi connectivity index (χ0v) is 33.0. The number of amides is 2. The van der Waals surface area contributed by atoms with Gasteiger partial charge in [-0.3, -0.25) is 18.2 Å².